The van der Waals surface area contributed by atoms with Crippen molar-refractivity contribution >= 4 is 12.1 Å². The summed E-state index contributed by atoms with van der Waals surface area (Å²) in [5.74, 6) is -0.478. The fourth-order valence-corrected chi connectivity index (χ4v) is 3.11. The number of carboxylic acids is 1. The number of nitrogens with zero attached hydrogens (tertiary/aromatic N) is 1. The molecule has 132 valence electrons. The number of likely N-dealkylation sites (tertiary alicyclic amines) is 1. The maximum absolute atomic E-state index is 12.0. The van der Waals surface area contributed by atoms with Crippen LogP contribution in [0.5, 0.6) is 0 Å². The van der Waals surface area contributed by atoms with E-state index in [1.165, 1.54) is 0 Å². The quantitative estimate of drug-likeness (QED) is 0.794. The maximum atomic E-state index is 12.0. The van der Waals surface area contributed by atoms with Gasteiger partial charge in [-0.15, -0.1) is 0 Å². The van der Waals surface area contributed by atoms with Crippen molar-refractivity contribution < 1.29 is 24.2 Å². The molecule has 2 heterocycles. The number of carboxylic acid groups (broad SMARTS) is 1. The molecule has 2 saturated heterocycles. The van der Waals surface area contributed by atoms with Gasteiger partial charge in [-0.05, 0) is 40.0 Å². The number of carbonyl (C=O) groups excluding carboxylic acids is 1. The van der Waals surface area contributed by atoms with Crippen molar-refractivity contribution in [3.63, 3.8) is 0 Å². The first-order valence-corrected chi connectivity index (χ1v) is 8.17. The molecule has 23 heavy (non-hydrogen) atoms. The second-order valence-electron chi connectivity index (χ2n) is 7.69. The van der Waals surface area contributed by atoms with Gasteiger partial charge in [-0.3, -0.25) is 4.79 Å². The van der Waals surface area contributed by atoms with Gasteiger partial charge < -0.3 is 24.8 Å². The summed E-state index contributed by atoms with van der Waals surface area (Å²) in [6.45, 7) is 9.65. The monoisotopic (exact) mass is 328 g/mol. The van der Waals surface area contributed by atoms with Gasteiger partial charge in [0, 0.05) is 26.2 Å². The Kier molecular flexibility index (Phi) is 5.20. The average Bonchev–Trinajstić information content (AvgIpc) is 2.74. The molecule has 1 amide bonds. The van der Waals surface area contributed by atoms with Gasteiger partial charge in [-0.25, -0.2) is 4.79 Å². The summed E-state index contributed by atoms with van der Waals surface area (Å²) >= 11 is 0. The lowest BCUT2D eigenvalue weighted by atomic mass is 9.85. The fraction of sp³-hybridized carbons (Fsp3) is 0.875. The third kappa shape index (κ3) is 4.81. The Bertz CT molecular complexity index is 454. The minimum atomic E-state index is -0.864. The molecule has 0 aromatic carbocycles. The Labute approximate surface area is 137 Å². The highest BCUT2D eigenvalue weighted by molar-refractivity contribution is 5.73. The molecule has 2 aliphatic heterocycles. The molecule has 0 spiro atoms. The zero-order chi connectivity index (χ0) is 17.3. The van der Waals surface area contributed by atoms with E-state index in [1.54, 1.807) is 4.90 Å². The topological polar surface area (TPSA) is 88.1 Å². The van der Waals surface area contributed by atoms with Crippen molar-refractivity contribution in [1.82, 2.24) is 10.2 Å². The number of nitrogens with one attached hydrogen (secondary N) is 1. The molecule has 7 nitrogen and oxygen atoms in total. The largest absolute Gasteiger partial charge is 0.481 e. The Morgan fingerprint density at radius 2 is 2.04 bits per heavy atom. The third-order valence-corrected chi connectivity index (χ3v) is 4.40. The van der Waals surface area contributed by atoms with Crippen LogP contribution in [0.3, 0.4) is 0 Å². The highest BCUT2D eigenvalue weighted by Crippen LogP contribution is 2.28. The van der Waals surface area contributed by atoms with E-state index in [9.17, 15) is 9.59 Å². The summed E-state index contributed by atoms with van der Waals surface area (Å²) in [4.78, 5) is 24.8. The normalized spacial score (nSPS) is 26.7. The summed E-state index contributed by atoms with van der Waals surface area (Å²) in [5.41, 5.74) is -1.11. The second kappa shape index (κ2) is 6.65. The van der Waals surface area contributed by atoms with Crippen LogP contribution in [0.2, 0.25) is 0 Å². The Morgan fingerprint density at radius 3 is 2.52 bits per heavy atom. The first-order chi connectivity index (χ1) is 10.6. The van der Waals surface area contributed by atoms with Crippen LogP contribution >= 0.6 is 0 Å². The van der Waals surface area contributed by atoms with Crippen LogP contribution < -0.4 is 5.32 Å². The zero-order valence-electron chi connectivity index (χ0n) is 14.4. The lowest BCUT2D eigenvalue weighted by Gasteiger charge is -2.50. The van der Waals surface area contributed by atoms with Crippen LogP contribution in [0.15, 0.2) is 0 Å². The van der Waals surface area contributed by atoms with Gasteiger partial charge in [0.25, 0.3) is 0 Å². The van der Waals surface area contributed by atoms with Crippen molar-refractivity contribution in [3.05, 3.63) is 0 Å². The predicted octanol–water partition coefficient (Wildman–Crippen LogP) is 1.47. The number of hydrogen-bond acceptors (Lipinski definition) is 5. The maximum Gasteiger partial charge on any atom is 0.410 e. The minimum Gasteiger partial charge on any atom is -0.481 e. The number of rotatable bonds is 5. The molecule has 0 bridgehead atoms. The second-order valence-corrected chi connectivity index (χ2v) is 7.69. The van der Waals surface area contributed by atoms with E-state index >= 15 is 0 Å². The molecule has 2 rings (SSSR count). The van der Waals surface area contributed by atoms with Crippen molar-refractivity contribution in [2.45, 2.75) is 57.8 Å². The minimum absolute atomic E-state index is 0.00570. The smallest absolute Gasteiger partial charge is 0.410 e. The standard InChI is InChI=1S/C16H28N2O5/c1-11-12(5-6-22-11)8-17-16(7-13(19)20)9-18(10-16)14(21)23-15(2,3)4/h11-12,17H,5-10H2,1-4H3,(H,19,20). The van der Waals surface area contributed by atoms with Crippen LogP contribution in [-0.2, 0) is 14.3 Å². The van der Waals surface area contributed by atoms with E-state index < -0.39 is 23.2 Å². The van der Waals surface area contributed by atoms with Gasteiger partial charge in [0.2, 0.25) is 0 Å². The molecular formula is C16H28N2O5. The van der Waals surface area contributed by atoms with E-state index in [2.05, 4.69) is 5.32 Å². The average molecular weight is 328 g/mol. The molecule has 2 fully saturated rings. The summed E-state index contributed by atoms with van der Waals surface area (Å²) < 4.78 is 10.9. The SMILES string of the molecule is CC1OCCC1CNC1(CC(=O)O)CN(C(=O)OC(C)(C)C)C1. The van der Waals surface area contributed by atoms with Crippen molar-refractivity contribution in [3.8, 4) is 0 Å². The van der Waals surface area contributed by atoms with Gasteiger partial charge in [0.15, 0.2) is 0 Å². The summed E-state index contributed by atoms with van der Waals surface area (Å²) in [5, 5.41) is 12.5. The van der Waals surface area contributed by atoms with Gasteiger partial charge in [-0.1, -0.05) is 0 Å². The highest BCUT2D eigenvalue weighted by Gasteiger charge is 2.48. The summed E-state index contributed by atoms with van der Waals surface area (Å²) in [6, 6.07) is 0. The van der Waals surface area contributed by atoms with Crippen LogP contribution in [0.25, 0.3) is 0 Å². The fourth-order valence-electron chi connectivity index (χ4n) is 3.11. The molecule has 2 atom stereocenters. The number of aliphatic carboxylic acids is 1. The Morgan fingerprint density at radius 1 is 1.39 bits per heavy atom. The van der Waals surface area contributed by atoms with Crippen LogP contribution in [-0.4, -0.2) is 65.6 Å². The van der Waals surface area contributed by atoms with Crippen molar-refractivity contribution in [1.29, 1.82) is 0 Å². The Hall–Kier alpha value is -1.34. The zero-order valence-corrected chi connectivity index (χ0v) is 14.4. The molecule has 7 heteroatoms. The Balaban J connectivity index is 1.89. The first kappa shape index (κ1) is 18.0. The molecular weight excluding hydrogens is 300 g/mol. The van der Waals surface area contributed by atoms with E-state index in [-0.39, 0.29) is 12.5 Å². The molecule has 0 aromatic rings. The highest BCUT2D eigenvalue weighted by atomic mass is 16.6. The molecule has 2 N–H and O–H groups in total. The molecule has 2 aliphatic rings. The third-order valence-electron chi connectivity index (χ3n) is 4.40. The van der Waals surface area contributed by atoms with Crippen LogP contribution in [0.1, 0.15) is 40.5 Å². The number of amides is 1. The van der Waals surface area contributed by atoms with E-state index in [0.29, 0.717) is 25.6 Å². The molecule has 0 radical (unpaired) electrons. The molecule has 2 unspecified atom stereocenters. The van der Waals surface area contributed by atoms with E-state index in [4.69, 9.17) is 14.6 Å². The van der Waals surface area contributed by atoms with Crippen LogP contribution in [0.4, 0.5) is 4.79 Å². The number of carbonyl (C=O) groups is 2. The van der Waals surface area contributed by atoms with Crippen molar-refractivity contribution in [2.75, 3.05) is 26.2 Å². The lowest BCUT2D eigenvalue weighted by molar-refractivity contribution is -0.141. The summed E-state index contributed by atoms with van der Waals surface area (Å²) in [7, 11) is 0. The lowest BCUT2D eigenvalue weighted by Crippen LogP contribution is -2.71. The number of hydrogen-bond donors (Lipinski definition) is 2. The number of ether oxygens (including phenoxy) is 2. The molecule has 0 aliphatic carbocycles. The predicted molar refractivity (Wildman–Crippen MR) is 84.3 cm³/mol. The summed E-state index contributed by atoms with van der Waals surface area (Å²) in [6.07, 6.45) is 0.769. The van der Waals surface area contributed by atoms with Gasteiger partial charge in [0.1, 0.15) is 5.60 Å². The first-order valence-electron chi connectivity index (χ1n) is 8.17. The van der Waals surface area contributed by atoms with Crippen LogP contribution in [0, 0.1) is 5.92 Å². The van der Waals surface area contributed by atoms with Gasteiger partial charge >= 0.3 is 12.1 Å². The molecule has 0 saturated carbocycles. The van der Waals surface area contributed by atoms with E-state index in [1.807, 2.05) is 27.7 Å². The van der Waals surface area contributed by atoms with Gasteiger partial charge in [0.05, 0.1) is 18.1 Å². The van der Waals surface area contributed by atoms with E-state index in [0.717, 1.165) is 13.0 Å². The van der Waals surface area contributed by atoms with Gasteiger partial charge in [-0.2, -0.15) is 0 Å². The van der Waals surface area contributed by atoms with Crippen molar-refractivity contribution in [2.24, 2.45) is 5.92 Å². The molecule has 0 aromatic heterocycles.